The van der Waals surface area contributed by atoms with Crippen LogP contribution in [0.3, 0.4) is 0 Å². The van der Waals surface area contributed by atoms with Gasteiger partial charge in [0, 0.05) is 24.6 Å². The van der Waals surface area contributed by atoms with Gasteiger partial charge in [0.05, 0.1) is 19.7 Å². The van der Waals surface area contributed by atoms with Crippen LogP contribution in [0.25, 0.3) is 10.9 Å². The number of ether oxygens (including phenoxy) is 2. The summed E-state index contributed by atoms with van der Waals surface area (Å²) in [6, 6.07) is 2.94. The minimum Gasteiger partial charge on any atom is -0.493 e. The van der Waals surface area contributed by atoms with E-state index in [0.29, 0.717) is 30.5 Å². The lowest BCUT2D eigenvalue weighted by Gasteiger charge is -2.14. The van der Waals surface area contributed by atoms with Gasteiger partial charge in [0.1, 0.15) is 5.82 Å². The predicted molar refractivity (Wildman–Crippen MR) is 87.1 cm³/mol. The molecular formula is C16H20F3N3O3. The maximum Gasteiger partial charge on any atom is 0.451 e. The van der Waals surface area contributed by atoms with E-state index in [4.69, 9.17) is 14.6 Å². The van der Waals surface area contributed by atoms with Crippen molar-refractivity contribution < 1.29 is 27.8 Å². The minimum atomic E-state index is -4.66. The average molecular weight is 359 g/mol. The van der Waals surface area contributed by atoms with E-state index in [0.717, 1.165) is 6.42 Å². The first-order valence-corrected chi connectivity index (χ1v) is 7.76. The second-order valence-electron chi connectivity index (χ2n) is 5.33. The Kier molecular flexibility index (Phi) is 6.24. The molecule has 0 radical (unpaired) electrons. The molecule has 0 saturated carbocycles. The maximum atomic E-state index is 13.1. The fourth-order valence-electron chi connectivity index (χ4n) is 2.34. The average Bonchev–Trinajstić information content (AvgIpc) is 2.59. The van der Waals surface area contributed by atoms with Crippen LogP contribution in [0, 0.1) is 0 Å². The molecule has 9 heteroatoms. The van der Waals surface area contributed by atoms with Crippen LogP contribution in [0.4, 0.5) is 19.0 Å². The zero-order chi connectivity index (χ0) is 18.4. The Morgan fingerprint density at radius 3 is 2.32 bits per heavy atom. The molecule has 1 aromatic heterocycles. The van der Waals surface area contributed by atoms with Crippen LogP contribution in [0.2, 0.25) is 0 Å². The fraction of sp³-hybridized carbons (Fsp3) is 0.500. The van der Waals surface area contributed by atoms with E-state index in [1.807, 2.05) is 0 Å². The molecule has 0 fully saturated rings. The second-order valence-corrected chi connectivity index (χ2v) is 5.33. The van der Waals surface area contributed by atoms with Gasteiger partial charge in [0.25, 0.3) is 0 Å². The van der Waals surface area contributed by atoms with Gasteiger partial charge in [-0.3, -0.25) is 0 Å². The highest BCUT2D eigenvalue weighted by atomic mass is 19.4. The molecule has 25 heavy (non-hydrogen) atoms. The van der Waals surface area contributed by atoms with Gasteiger partial charge >= 0.3 is 6.18 Å². The van der Waals surface area contributed by atoms with Gasteiger partial charge in [-0.05, 0) is 25.3 Å². The van der Waals surface area contributed by atoms with Crippen LogP contribution in [0.1, 0.15) is 25.1 Å². The summed E-state index contributed by atoms with van der Waals surface area (Å²) in [5.41, 5.74) is 0.109. The number of anilines is 1. The van der Waals surface area contributed by atoms with Crippen molar-refractivity contribution in [3.63, 3.8) is 0 Å². The summed E-state index contributed by atoms with van der Waals surface area (Å²) < 4.78 is 49.5. The minimum absolute atomic E-state index is 0.0854. The zero-order valence-corrected chi connectivity index (χ0v) is 14.0. The number of nitrogens with one attached hydrogen (secondary N) is 1. The number of halogens is 3. The molecule has 6 nitrogen and oxygen atoms in total. The van der Waals surface area contributed by atoms with Crippen LogP contribution in [-0.2, 0) is 6.18 Å². The first kappa shape index (κ1) is 19.0. The van der Waals surface area contributed by atoms with Crippen molar-refractivity contribution in [1.82, 2.24) is 9.97 Å². The number of alkyl halides is 3. The molecule has 0 aliphatic heterocycles. The summed E-state index contributed by atoms with van der Waals surface area (Å²) in [6.07, 6.45) is -2.56. The fourth-order valence-corrected chi connectivity index (χ4v) is 2.34. The largest absolute Gasteiger partial charge is 0.493 e. The first-order valence-electron chi connectivity index (χ1n) is 7.76. The van der Waals surface area contributed by atoms with Crippen LogP contribution in [-0.4, -0.2) is 42.4 Å². The lowest BCUT2D eigenvalue weighted by molar-refractivity contribution is -0.144. The van der Waals surface area contributed by atoms with Gasteiger partial charge in [-0.15, -0.1) is 0 Å². The van der Waals surface area contributed by atoms with Crippen LogP contribution < -0.4 is 14.8 Å². The number of methoxy groups -OCH3 is 2. The van der Waals surface area contributed by atoms with Gasteiger partial charge < -0.3 is 19.9 Å². The topological polar surface area (TPSA) is 76.5 Å². The molecule has 2 rings (SSSR count). The highest BCUT2D eigenvalue weighted by Gasteiger charge is 2.35. The Balaban J connectivity index is 2.44. The Labute approximate surface area is 143 Å². The van der Waals surface area contributed by atoms with Gasteiger partial charge in [-0.25, -0.2) is 9.97 Å². The lowest BCUT2D eigenvalue weighted by atomic mass is 10.2. The van der Waals surface area contributed by atoms with Crippen molar-refractivity contribution in [2.24, 2.45) is 0 Å². The Hall–Kier alpha value is -2.29. The third-order valence-electron chi connectivity index (χ3n) is 3.58. The van der Waals surface area contributed by atoms with E-state index < -0.39 is 12.0 Å². The maximum absolute atomic E-state index is 13.1. The number of benzene rings is 1. The Morgan fingerprint density at radius 2 is 1.72 bits per heavy atom. The van der Waals surface area contributed by atoms with Crippen LogP contribution in [0.5, 0.6) is 11.5 Å². The molecule has 0 amide bonds. The highest BCUT2D eigenvalue weighted by molar-refractivity contribution is 5.91. The van der Waals surface area contributed by atoms with E-state index in [1.54, 1.807) is 6.07 Å². The molecule has 0 atom stereocenters. The molecule has 0 spiro atoms. The van der Waals surface area contributed by atoms with Crippen molar-refractivity contribution in [1.29, 1.82) is 0 Å². The normalized spacial score (nSPS) is 11.6. The summed E-state index contributed by atoms with van der Waals surface area (Å²) in [6.45, 7) is 0.517. The molecule has 2 N–H and O–H groups in total. The summed E-state index contributed by atoms with van der Waals surface area (Å²) in [5.74, 6) is -0.468. The van der Waals surface area contributed by atoms with E-state index in [-0.39, 0.29) is 23.7 Å². The van der Waals surface area contributed by atoms with Gasteiger partial charge in [0.15, 0.2) is 11.5 Å². The third-order valence-corrected chi connectivity index (χ3v) is 3.58. The molecule has 0 saturated heterocycles. The quantitative estimate of drug-likeness (QED) is 0.705. The standard InChI is InChI=1S/C16H20F3N3O3/c1-24-12-8-10-11(9-13(12)25-2)21-15(16(17,18)19)22-14(10)20-6-4-3-5-7-23/h8-9,23H,3-7H2,1-2H3,(H,20,21,22). The highest BCUT2D eigenvalue weighted by Crippen LogP contribution is 2.36. The molecule has 1 heterocycles. The number of hydrogen-bond acceptors (Lipinski definition) is 6. The molecule has 0 aliphatic rings. The van der Waals surface area contributed by atoms with Crippen molar-refractivity contribution in [2.45, 2.75) is 25.4 Å². The summed E-state index contributed by atoms with van der Waals surface area (Å²) >= 11 is 0. The number of rotatable bonds is 8. The van der Waals surface area contributed by atoms with E-state index >= 15 is 0 Å². The van der Waals surface area contributed by atoms with E-state index in [9.17, 15) is 13.2 Å². The second kappa shape index (κ2) is 8.19. The van der Waals surface area contributed by atoms with Gasteiger partial charge in [-0.2, -0.15) is 13.2 Å². The van der Waals surface area contributed by atoms with E-state index in [1.165, 1.54) is 20.3 Å². The Bertz CT molecular complexity index is 723. The molecular weight excluding hydrogens is 339 g/mol. The van der Waals surface area contributed by atoms with Crippen molar-refractivity contribution in [3.05, 3.63) is 18.0 Å². The van der Waals surface area contributed by atoms with Gasteiger partial charge in [0.2, 0.25) is 5.82 Å². The number of hydrogen-bond donors (Lipinski definition) is 2. The van der Waals surface area contributed by atoms with Crippen molar-refractivity contribution in [3.8, 4) is 11.5 Å². The summed E-state index contributed by atoms with van der Waals surface area (Å²) in [7, 11) is 2.84. The summed E-state index contributed by atoms with van der Waals surface area (Å²) in [4.78, 5) is 7.23. The molecule has 0 aliphatic carbocycles. The molecule has 138 valence electrons. The van der Waals surface area contributed by atoms with Crippen molar-refractivity contribution >= 4 is 16.7 Å². The first-order chi connectivity index (χ1) is 11.9. The third kappa shape index (κ3) is 4.62. The van der Waals surface area contributed by atoms with Crippen molar-refractivity contribution in [2.75, 3.05) is 32.7 Å². The van der Waals surface area contributed by atoms with Crippen LogP contribution >= 0.6 is 0 Å². The number of aliphatic hydroxyl groups is 1. The smallest absolute Gasteiger partial charge is 0.451 e. The predicted octanol–water partition coefficient (Wildman–Crippen LogP) is 3.24. The number of aliphatic hydroxyl groups excluding tert-OH is 1. The molecule has 0 unspecified atom stereocenters. The molecule has 1 aromatic carbocycles. The summed E-state index contributed by atoms with van der Waals surface area (Å²) in [5, 5.41) is 12.1. The Morgan fingerprint density at radius 1 is 1.04 bits per heavy atom. The van der Waals surface area contributed by atoms with Crippen LogP contribution in [0.15, 0.2) is 12.1 Å². The molecule has 2 aromatic rings. The zero-order valence-electron chi connectivity index (χ0n) is 14.0. The SMILES string of the molecule is COc1cc2nc(C(F)(F)F)nc(NCCCCCO)c2cc1OC. The molecule has 0 bridgehead atoms. The lowest BCUT2D eigenvalue weighted by Crippen LogP contribution is -2.14. The number of fused-ring (bicyclic) bond motifs is 1. The number of nitrogens with zero attached hydrogens (tertiary/aromatic N) is 2. The number of unbranched alkanes of at least 4 members (excludes halogenated alkanes) is 2. The monoisotopic (exact) mass is 359 g/mol. The number of aromatic nitrogens is 2. The van der Waals surface area contributed by atoms with Gasteiger partial charge in [-0.1, -0.05) is 0 Å². The van der Waals surface area contributed by atoms with E-state index in [2.05, 4.69) is 15.3 Å².